The van der Waals surface area contributed by atoms with Gasteiger partial charge in [-0.25, -0.2) is 0 Å². The van der Waals surface area contributed by atoms with Crippen molar-refractivity contribution in [2.45, 2.75) is 32.2 Å². The summed E-state index contributed by atoms with van der Waals surface area (Å²) in [5, 5.41) is 3.05. The number of rotatable bonds is 4. The van der Waals surface area contributed by atoms with Gasteiger partial charge in [0.1, 0.15) is 0 Å². The molecular formula is C12H20N2O. The Kier molecular flexibility index (Phi) is 3.10. The Balaban J connectivity index is 1.89. The number of allylic oxidation sites excluding steroid dienone is 2. The maximum Gasteiger partial charge on any atom is 0.223 e. The van der Waals surface area contributed by atoms with Gasteiger partial charge in [-0.15, -0.1) is 0 Å². The molecule has 3 N–H and O–H groups in total. The van der Waals surface area contributed by atoms with E-state index in [4.69, 9.17) is 5.73 Å². The summed E-state index contributed by atoms with van der Waals surface area (Å²) in [5.74, 6) is 1.57. The van der Waals surface area contributed by atoms with Crippen LogP contribution in [0, 0.1) is 17.8 Å². The van der Waals surface area contributed by atoms with E-state index in [1.54, 1.807) is 0 Å². The van der Waals surface area contributed by atoms with E-state index in [9.17, 15) is 4.79 Å². The number of nitrogens with one attached hydrogen (secondary N) is 1. The van der Waals surface area contributed by atoms with Crippen LogP contribution in [0.1, 0.15) is 26.2 Å². The van der Waals surface area contributed by atoms with Crippen molar-refractivity contribution < 1.29 is 4.79 Å². The zero-order valence-electron chi connectivity index (χ0n) is 9.28. The highest BCUT2D eigenvalue weighted by atomic mass is 16.2. The van der Waals surface area contributed by atoms with Gasteiger partial charge >= 0.3 is 0 Å². The van der Waals surface area contributed by atoms with Crippen LogP contribution >= 0.6 is 0 Å². The van der Waals surface area contributed by atoms with E-state index in [1.807, 2.05) is 0 Å². The van der Waals surface area contributed by atoms with Gasteiger partial charge in [-0.1, -0.05) is 19.1 Å². The van der Waals surface area contributed by atoms with Gasteiger partial charge in [0, 0.05) is 18.5 Å². The average molecular weight is 208 g/mol. The fourth-order valence-corrected chi connectivity index (χ4v) is 2.72. The van der Waals surface area contributed by atoms with Crippen LogP contribution in [-0.2, 0) is 4.79 Å². The van der Waals surface area contributed by atoms with Crippen LogP contribution in [-0.4, -0.2) is 18.5 Å². The molecule has 2 bridgehead atoms. The van der Waals surface area contributed by atoms with Crippen LogP contribution < -0.4 is 11.1 Å². The molecule has 2 aliphatic rings. The zero-order chi connectivity index (χ0) is 10.8. The Hall–Kier alpha value is -0.830. The minimum atomic E-state index is 0.153. The molecule has 4 unspecified atom stereocenters. The standard InChI is InChI=1S/C12H20N2O/c1-2-10(7-13)14-12(15)11-6-8-3-4-9(11)5-8/h3-4,8-11H,2,5-7,13H2,1H3,(H,14,15). The van der Waals surface area contributed by atoms with Crippen LogP contribution in [0.2, 0.25) is 0 Å². The first-order valence-electron chi connectivity index (χ1n) is 5.93. The molecule has 2 rings (SSSR count). The lowest BCUT2D eigenvalue weighted by atomic mass is 9.92. The minimum absolute atomic E-state index is 0.153. The van der Waals surface area contributed by atoms with Crippen LogP contribution in [0.3, 0.4) is 0 Å². The lowest BCUT2D eigenvalue weighted by Gasteiger charge is -2.21. The first-order chi connectivity index (χ1) is 7.24. The molecule has 84 valence electrons. The van der Waals surface area contributed by atoms with Crippen molar-refractivity contribution in [2.24, 2.45) is 23.5 Å². The van der Waals surface area contributed by atoms with Gasteiger partial charge in [0.05, 0.1) is 0 Å². The van der Waals surface area contributed by atoms with Crippen molar-refractivity contribution in [3.8, 4) is 0 Å². The second kappa shape index (κ2) is 4.35. The summed E-state index contributed by atoms with van der Waals surface area (Å²) in [6.45, 7) is 2.59. The maximum atomic E-state index is 12.0. The van der Waals surface area contributed by atoms with Gasteiger partial charge in [0.15, 0.2) is 0 Å². The molecule has 2 aliphatic carbocycles. The van der Waals surface area contributed by atoms with E-state index in [0.717, 1.165) is 12.8 Å². The Morgan fingerprint density at radius 1 is 1.53 bits per heavy atom. The number of nitrogens with two attached hydrogens (primary N) is 1. The largest absolute Gasteiger partial charge is 0.352 e. The molecule has 0 spiro atoms. The predicted octanol–water partition coefficient (Wildman–Crippen LogP) is 1.05. The van der Waals surface area contributed by atoms with Gasteiger partial charge in [0.2, 0.25) is 5.91 Å². The summed E-state index contributed by atoms with van der Waals surface area (Å²) >= 11 is 0. The van der Waals surface area contributed by atoms with Crippen LogP contribution in [0.5, 0.6) is 0 Å². The molecule has 15 heavy (non-hydrogen) atoms. The van der Waals surface area contributed by atoms with E-state index in [-0.39, 0.29) is 17.9 Å². The number of fused-ring (bicyclic) bond motifs is 2. The van der Waals surface area contributed by atoms with Crippen LogP contribution in [0.15, 0.2) is 12.2 Å². The van der Waals surface area contributed by atoms with E-state index in [1.165, 1.54) is 6.42 Å². The van der Waals surface area contributed by atoms with Crippen molar-refractivity contribution in [1.82, 2.24) is 5.32 Å². The molecule has 1 amide bonds. The van der Waals surface area contributed by atoms with E-state index >= 15 is 0 Å². The fraction of sp³-hybridized carbons (Fsp3) is 0.750. The van der Waals surface area contributed by atoms with Gasteiger partial charge in [-0.05, 0) is 31.1 Å². The summed E-state index contributed by atoms with van der Waals surface area (Å²) in [6.07, 6.45) is 7.60. The number of hydrogen-bond acceptors (Lipinski definition) is 2. The smallest absolute Gasteiger partial charge is 0.223 e. The maximum absolute atomic E-state index is 12.0. The molecule has 4 atom stereocenters. The summed E-state index contributed by atoms with van der Waals surface area (Å²) in [5.41, 5.74) is 5.58. The highest BCUT2D eigenvalue weighted by Crippen LogP contribution is 2.43. The molecule has 1 saturated carbocycles. The Bertz CT molecular complexity index is 271. The number of hydrogen-bond donors (Lipinski definition) is 2. The molecule has 1 fully saturated rings. The molecular weight excluding hydrogens is 188 g/mol. The van der Waals surface area contributed by atoms with Gasteiger partial charge in [0.25, 0.3) is 0 Å². The second-order valence-electron chi connectivity index (χ2n) is 4.74. The number of carbonyl (C=O) groups is 1. The fourth-order valence-electron chi connectivity index (χ4n) is 2.72. The Labute approximate surface area is 91.1 Å². The SMILES string of the molecule is CCC(CN)NC(=O)C1CC2C=CC1C2. The monoisotopic (exact) mass is 208 g/mol. The third-order valence-electron chi connectivity index (χ3n) is 3.74. The van der Waals surface area contributed by atoms with E-state index in [0.29, 0.717) is 18.4 Å². The molecule has 0 aromatic carbocycles. The quantitative estimate of drug-likeness (QED) is 0.679. The zero-order valence-corrected chi connectivity index (χ0v) is 9.28. The van der Waals surface area contributed by atoms with E-state index in [2.05, 4.69) is 24.4 Å². The third kappa shape index (κ3) is 2.07. The molecule has 0 aromatic heterocycles. The lowest BCUT2D eigenvalue weighted by Crippen LogP contribution is -2.43. The Morgan fingerprint density at radius 2 is 2.33 bits per heavy atom. The first-order valence-corrected chi connectivity index (χ1v) is 5.93. The number of carbonyl (C=O) groups excluding carboxylic acids is 1. The average Bonchev–Trinajstić information content (AvgIpc) is 2.87. The third-order valence-corrected chi connectivity index (χ3v) is 3.74. The van der Waals surface area contributed by atoms with Crippen molar-refractivity contribution in [3.05, 3.63) is 12.2 Å². The van der Waals surface area contributed by atoms with Crippen LogP contribution in [0.4, 0.5) is 0 Å². The highest BCUT2D eigenvalue weighted by molar-refractivity contribution is 5.80. The molecule has 0 aromatic rings. The lowest BCUT2D eigenvalue weighted by molar-refractivity contribution is -0.126. The van der Waals surface area contributed by atoms with Gasteiger partial charge < -0.3 is 11.1 Å². The molecule has 0 aliphatic heterocycles. The second-order valence-corrected chi connectivity index (χ2v) is 4.74. The summed E-state index contributed by atoms with van der Waals surface area (Å²) < 4.78 is 0. The molecule has 3 heteroatoms. The molecule has 3 nitrogen and oxygen atoms in total. The van der Waals surface area contributed by atoms with Crippen molar-refractivity contribution >= 4 is 5.91 Å². The van der Waals surface area contributed by atoms with Crippen LogP contribution in [0.25, 0.3) is 0 Å². The minimum Gasteiger partial charge on any atom is -0.352 e. The predicted molar refractivity (Wildman–Crippen MR) is 60.1 cm³/mol. The molecule has 0 saturated heterocycles. The Morgan fingerprint density at radius 3 is 2.80 bits per heavy atom. The van der Waals surface area contributed by atoms with Gasteiger partial charge in [-0.3, -0.25) is 4.79 Å². The topological polar surface area (TPSA) is 55.1 Å². The van der Waals surface area contributed by atoms with Gasteiger partial charge in [-0.2, -0.15) is 0 Å². The molecule has 0 radical (unpaired) electrons. The van der Waals surface area contributed by atoms with Crippen molar-refractivity contribution in [3.63, 3.8) is 0 Å². The first kappa shape index (κ1) is 10.7. The van der Waals surface area contributed by atoms with Crippen molar-refractivity contribution in [1.29, 1.82) is 0 Å². The highest BCUT2D eigenvalue weighted by Gasteiger charge is 2.39. The van der Waals surface area contributed by atoms with Crippen molar-refractivity contribution in [2.75, 3.05) is 6.54 Å². The summed E-state index contributed by atoms with van der Waals surface area (Å²) in [7, 11) is 0. The molecule has 0 heterocycles. The number of amides is 1. The summed E-state index contributed by atoms with van der Waals surface area (Å²) in [4.78, 5) is 12.0. The normalized spacial score (nSPS) is 34.4. The summed E-state index contributed by atoms with van der Waals surface area (Å²) in [6, 6.07) is 0.153. The van der Waals surface area contributed by atoms with E-state index < -0.39 is 0 Å².